The molecule has 2 N–H and O–H groups in total. The van der Waals surface area contributed by atoms with Crippen LogP contribution in [0.5, 0.6) is 0 Å². The molecule has 2 heterocycles. The van der Waals surface area contributed by atoms with Crippen LogP contribution in [0.2, 0.25) is 0 Å². The number of nitrogens with zero attached hydrogens (tertiary/aromatic N) is 2. The van der Waals surface area contributed by atoms with Gasteiger partial charge in [-0.15, -0.1) is 11.3 Å². The average Bonchev–Trinajstić information content (AvgIpc) is 2.58. The first-order valence-electron chi connectivity index (χ1n) is 4.16. The molecule has 3 nitrogen and oxygen atoms in total. The number of nitrogens with two attached hydrogens (primary N) is 1. The third kappa shape index (κ3) is 2.50. The summed E-state index contributed by atoms with van der Waals surface area (Å²) >= 11 is 6.60. The van der Waals surface area contributed by atoms with E-state index in [0.717, 1.165) is 19.4 Å². The van der Waals surface area contributed by atoms with Crippen LogP contribution < -0.4 is 5.73 Å². The topological polar surface area (TPSA) is 51.8 Å². The molecule has 0 aliphatic heterocycles. The second kappa shape index (κ2) is 4.51. The van der Waals surface area contributed by atoms with Gasteiger partial charge < -0.3 is 5.73 Å². The lowest BCUT2D eigenvalue weighted by molar-refractivity contribution is 1.15. The summed E-state index contributed by atoms with van der Waals surface area (Å²) in [4.78, 5) is 9.33. The zero-order chi connectivity index (χ0) is 10.8. The third-order valence-electron chi connectivity index (χ3n) is 1.67. The van der Waals surface area contributed by atoms with Crippen molar-refractivity contribution in [3.8, 4) is 0 Å². The zero-order valence-electron chi connectivity index (χ0n) is 7.90. The van der Waals surface area contributed by atoms with E-state index in [1.807, 2.05) is 12.3 Å². The Balaban J connectivity index is 2.31. The van der Waals surface area contributed by atoms with E-state index in [4.69, 9.17) is 5.73 Å². The molecule has 0 radical (unpaired) electrons. The lowest BCUT2D eigenvalue weighted by Crippen LogP contribution is -1.90. The van der Waals surface area contributed by atoms with Crippen molar-refractivity contribution in [2.45, 2.75) is 16.2 Å². The first kappa shape index (κ1) is 10.9. The van der Waals surface area contributed by atoms with Gasteiger partial charge in [0.2, 0.25) is 0 Å². The van der Waals surface area contributed by atoms with Crippen LogP contribution in [0, 0.1) is 6.92 Å². The lowest BCUT2D eigenvalue weighted by Gasteiger charge is -2.04. The van der Waals surface area contributed by atoms with Gasteiger partial charge in [0.1, 0.15) is 0 Å². The first-order valence-corrected chi connectivity index (χ1v) is 6.64. The van der Waals surface area contributed by atoms with Crippen molar-refractivity contribution in [3.63, 3.8) is 0 Å². The minimum absolute atomic E-state index is 0.669. The lowest BCUT2D eigenvalue weighted by atomic mass is 10.4. The number of rotatable bonds is 2. The van der Waals surface area contributed by atoms with E-state index in [2.05, 4.69) is 25.9 Å². The Morgan fingerprint density at radius 3 is 2.87 bits per heavy atom. The number of anilines is 1. The van der Waals surface area contributed by atoms with Gasteiger partial charge in [0.05, 0.1) is 21.3 Å². The standard InChI is InChI=1S/C9H8BrN3S2/c1-5-4-14-9(13-5)15-8-6(10)2-12-3-7(8)11/h2-4H,11H2,1H3. The maximum Gasteiger partial charge on any atom is 0.155 e. The van der Waals surface area contributed by atoms with Crippen molar-refractivity contribution in [2.75, 3.05) is 5.73 Å². The number of hydrogen-bond acceptors (Lipinski definition) is 5. The molecule has 0 atom stereocenters. The number of pyridine rings is 1. The number of thiazole rings is 1. The van der Waals surface area contributed by atoms with Crippen LogP contribution in [0.4, 0.5) is 5.69 Å². The van der Waals surface area contributed by atoms with Crippen molar-refractivity contribution in [1.29, 1.82) is 0 Å². The highest BCUT2D eigenvalue weighted by Crippen LogP contribution is 2.38. The maximum atomic E-state index is 5.84. The number of halogens is 1. The van der Waals surface area contributed by atoms with E-state index in [-0.39, 0.29) is 0 Å². The van der Waals surface area contributed by atoms with Gasteiger partial charge in [-0.3, -0.25) is 4.98 Å². The van der Waals surface area contributed by atoms with E-state index in [1.54, 1.807) is 35.5 Å². The summed E-state index contributed by atoms with van der Waals surface area (Å²) in [7, 11) is 0. The van der Waals surface area contributed by atoms with E-state index < -0.39 is 0 Å². The fourth-order valence-electron chi connectivity index (χ4n) is 1.01. The molecule has 0 spiro atoms. The van der Waals surface area contributed by atoms with Crippen LogP contribution >= 0.6 is 39.0 Å². The van der Waals surface area contributed by atoms with Crippen molar-refractivity contribution in [2.24, 2.45) is 0 Å². The monoisotopic (exact) mass is 301 g/mol. The minimum atomic E-state index is 0.669. The predicted octanol–water partition coefficient (Wildman–Crippen LogP) is 3.34. The molecule has 0 unspecified atom stereocenters. The molecule has 6 heteroatoms. The van der Waals surface area contributed by atoms with Crippen molar-refractivity contribution in [1.82, 2.24) is 9.97 Å². The van der Waals surface area contributed by atoms with Crippen molar-refractivity contribution >= 4 is 44.7 Å². The van der Waals surface area contributed by atoms with Crippen LogP contribution in [0.15, 0.2) is 31.5 Å². The van der Waals surface area contributed by atoms with Crippen LogP contribution in [0.25, 0.3) is 0 Å². The molecule has 0 bridgehead atoms. The summed E-state index contributed by atoms with van der Waals surface area (Å²) in [6.07, 6.45) is 3.38. The molecule has 0 saturated heterocycles. The fraction of sp³-hybridized carbons (Fsp3) is 0.111. The Hall–Kier alpha value is -0.590. The average molecular weight is 302 g/mol. The summed E-state index contributed by atoms with van der Waals surface area (Å²) in [6.45, 7) is 1.98. The van der Waals surface area contributed by atoms with Crippen molar-refractivity contribution < 1.29 is 0 Å². The van der Waals surface area contributed by atoms with E-state index in [0.29, 0.717) is 5.69 Å². The maximum absolute atomic E-state index is 5.84. The molecule has 15 heavy (non-hydrogen) atoms. The van der Waals surface area contributed by atoms with Crippen LogP contribution in [0.1, 0.15) is 5.69 Å². The van der Waals surface area contributed by atoms with E-state index >= 15 is 0 Å². The number of hydrogen-bond donors (Lipinski definition) is 1. The Morgan fingerprint density at radius 1 is 1.47 bits per heavy atom. The molecule has 78 valence electrons. The number of nitrogen functional groups attached to an aromatic ring is 1. The van der Waals surface area contributed by atoms with Gasteiger partial charge >= 0.3 is 0 Å². The predicted molar refractivity (Wildman–Crippen MR) is 67.3 cm³/mol. The van der Waals surface area contributed by atoms with E-state index in [1.165, 1.54) is 0 Å². The Morgan fingerprint density at radius 2 is 2.27 bits per heavy atom. The van der Waals surface area contributed by atoms with Gasteiger partial charge in [-0.05, 0) is 22.9 Å². The van der Waals surface area contributed by atoms with Gasteiger partial charge in [0, 0.05) is 17.3 Å². The third-order valence-corrected chi connectivity index (χ3v) is 4.75. The zero-order valence-corrected chi connectivity index (χ0v) is 11.1. The minimum Gasteiger partial charge on any atom is -0.397 e. The van der Waals surface area contributed by atoms with Gasteiger partial charge in [-0.1, -0.05) is 11.8 Å². The molecular formula is C9H8BrN3S2. The highest BCUT2D eigenvalue weighted by molar-refractivity contribution is 9.10. The van der Waals surface area contributed by atoms with Gasteiger partial charge in [-0.25, -0.2) is 4.98 Å². The molecule has 0 saturated carbocycles. The van der Waals surface area contributed by atoms with Crippen molar-refractivity contribution in [3.05, 3.63) is 27.9 Å². The molecule has 2 aromatic rings. The molecule has 0 amide bonds. The molecule has 0 aliphatic rings. The second-order valence-corrected chi connectivity index (χ2v) is 5.87. The largest absolute Gasteiger partial charge is 0.397 e. The molecule has 0 aromatic carbocycles. The molecule has 0 fully saturated rings. The number of aromatic nitrogens is 2. The molecular weight excluding hydrogens is 294 g/mol. The van der Waals surface area contributed by atoms with E-state index in [9.17, 15) is 0 Å². The van der Waals surface area contributed by atoms with Gasteiger partial charge in [0.15, 0.2) is 4.34 Å². The fourth-order valence-corrected chi connectivity index (χ4v) is 3.39. The Bertz CT molecular complexity index is 464. The van der Waals surface area contributed by atoms with Gasteiger partial charge in [0.25, 0.3) is 0 Å². The number of aryl methyl sites for hydroxylation is 1. The SMILES string of the molecule is Cc1csc(Sc2c(N)cncc2Br)n1. The summed E-state index contributed by atoms with van der Waals surface area (Å²) in [6, 6.07) is 0. The molecule has 0 aliphatic carbocycles. The summed E-state index contributed by atoms with van der Waals surface area (Å²) in [5.41, 5.74) is 7.54. The second-order valence-electron chi connectivity index (χ2n) is 2.90. The smallest absolute Gasteiger partial charge is 0.155 e. The summed E-state index contributed by atoms with van der Waals surface area (Å²) in [5, 5.41) is 2.02. The molecule has 2 rings (SSSR count). The van der Waals surface area contributed by atoms with Gasteiger partial charge in [-0.2, -0.15) is 0 Å². The highest BCUT2D eigenvalue weighted by Gasteiger charge is 2.09. The highest BCUT2D eigenvalue weighted by atomic mass is 79.9. The quantitative estimate of drug-likeness (QED) is 0.924. The van der Waals surface area contributed by atoms with Crippen LogP contribution in [-0.2, 0) is 0 Å². The van der Waals surface area contributed by atoms with Crippen LogP contribution in [0.3, 0.4) is 0 Å². The Labute approximate surface area is 104 Å². The summed E-state index contributed by atoms with van der Waals surface area (Å²) in [5.74, 6) is 0. The van der Waals surface area contributed by atoms with Crippen LogP contribution in [-0.4, -0.2) is 9.97 Å². The normalized spacial score (nSPS) is 10.5. The Kier molecular flexibility index (Phi) is 3.28. The molecule has 2 aromatic heterocycles. The summed E-state index contributed by atoms with van der Waals surface area (Å²) < 4.78 is 1.89. The first-order chi connectivity index (χ1) is 7.16.